The predicted molar refractivity (Wildman–Crippen MR) is 64.7 cm³/mol. The Labute approximate surface area is 104 Å². The third-order valence-corrected chi connectivity index (χ3v) is 2.39. The van der Waals surface area contributed by atoms with E-state index in [1.807, 2.05) is 6.92 Å². The summed E-state index contributed by atoms with van der Waals surface area (Å²) in [7, 11) is 0. The van der Waals surface area contributed by atoms with Gasteiger partial charge in [0.1, 0.15) is 11.3 Å². The molecule has 1 N–H and O–H groups in total. The monoisotopic (exact) mass is 247 g/mol. The average Bonchev–Trinajstić information content (AvgIpc) is 2.86. The van der Waals surface area contributed by atoms with E-state index in [9.17, 15) is 4.79 Å². The molecule has 0 unspecified atom stereocenters. The molecule has 0 atom stereocenters. The maximum atomic E-state index is 10.9. The molecule has 0 fully saturated rings. The van der Waals surface area contributed by atoms with Crippen molar-refractivity contribution in [3.63, 3.8) is 0 Å². The summed E-state index contributed by atoms with van der Waals surface area (Å²) in [6.45, 7) is 2.68. The molecule has 18 heavy (non-hydrogen) atoms. The molecule has 0 bridgehead atoms. The minimum Gasteiger partial charge on any atom is -0.494 e. The Morgan fingerprint density at radius 1 is 1.39 bits per heavy atom. The van der Waals surface area contributed by atoms with Crippen molar-refractivity contribution < 1.29 is 19.2 Å². The standard InChI is InChI=1S/C13H13NO4/c1-2-7-17-10-5-3-9(4-6-10)12-11(13(15)16)8-14-18-12/h3-6,8H,2,7H2,1H3,(H,15,16). The van der Waals surface area contributed by atoms with Crippen LogP contribution in [0, 0.1) is 0 Å². The highest BCUT2D eigenvalue weighted by atomic mass is 16.5. The van der Waals surface area contributed by atoms with Gasteiger partial charge in [-0.3, -0.25) is 0 Å². The molecule has 1 heterocycles. The molecule has 0 saturated heterocycles. The average molecular weight is 247 g/mol. The lowest BCUT2D eigenvalue weighted by molar-refractivity contribution is 0.0697. The van der Waals surface area contributed by atoms with Crippen LogP contribution >= 0.6 is 0 Å². The number of carboxylic acids is 1. The molecule has 0 radical (unpaired) electrons. The van der Waals surface area contributed by atoms with Gasteiger partial charge in [-0.1, -0.05) is 12.1 Å². The minimum absolute atomic E-state index is 0.0530. The van der Waals surface area contributed by atoms with Gasteiger partial charge in [-0.2, -0.15) is 0 Å². The molecular formula is C13H13NO4. The number of aromatic carboxylic acids is 1. The fraction of sp³-hybridized carbons (Fsp3) is 0.231. The van der Waals surface area contributed by atoms with Gasteiger partial charge < -0.3 is 14.4 Å². The van der Waals surface area contributed by atoms with E-state index >= 15 is 0 Å². The van der Waals surface area contributed by atoms with Crippen LogP contribution in [-0.4, -0.2) is 22.8 Å². The summed E-state index contributed by atoms with van der Waals surface area (Å²) in [6.07, 6.45) is 2.13. The summed E-state index contributed by atoms with van der Waals surface area (Å²) in [6, 6.07) is 7.05. The molecule has 0 amide bonds. The van der Waals surface area contributed by atoms with E-state index in [0.717, 1.165) is 12.2 Å². The molecule has 0 saturated carbocycles. The van der Waals surface area contributed by atoms with E-state index in [0.29, 0.717) is 12.2 Å². The largest absolute Gasteiger partial charge is 0.494 e. The van der Waals surface area contributed by atoms with E-state index < -0.39 is 5.97 Å². The van der Waals surface area contributed by atoms with Crippen LogP contribution in [-0.2, 0) is 0 Å². The molecule has 0 aliphatic rings. The first kappa shape index (κ1) is 12.2. The number of ether oxygens (including phenoxy) is 1. The fourth-order valence-corrected chi connectivity index (χ4v) is 1.52. The second-order valence-corrected chi connectivity index (χ2v) is 3.75. The molecule has 0 aliphatic carbocycles. The zero-order valence-corrected chi connectivity index (χ0v) is 9.92. The SMILES string of the molecule is CCCOc1ccc(-c2oncc2C(=O)O)cc1. The van der Waals surface area contributed by atoms with Gasteiger partial charge in [-0.15, -0.1) is 0 Å². The summed E-state index contributed by atoms with van der Waals surface area (Å²) in [5, 5.41) is 12.5. The van der Waals surface area contributed by atoms with Gasteiger partial charge in [0.25, 0.3) is 0 Å². The van der Waals surface area contributed by atoms with Crippen molar-refractivity contribution in [2.45, 2.75) is 13.3 Å². The van der Waals surface area contributed by atoms with Crippen molar-refractivity contribution in [3.05, 3.63) is 36.0 Å². The summed E-state index contributed by atoms with van der Waals surface area (Å²) in [4.78, 5) is 10.9. The summed E-state index contributed by atoms with van der Waals surface area (Å²) in [5.41, 5.74) is 0.714. The van der Waals surface area contributed by atoms with Crippen LogP contribution in [0.2, 0.25) is 0 Å². The van der Waals surface area contributed by atoms with Gasteiger partial charge in [0.15, 0.2) is 5.76 Å². The van der Waals surface area contributed by atoms with E-state index in [1.54, 1.807) is 24.3 Å². The van der Waals surface area contributed by atoms with Crippen molar-refractivity contribution in [2.75, 3.05) is 6.61 Å². The quantitative estimate of drug-likeness (QED) is 0.879. The third-order valence-electron chi connectivity index (χ3n) is 2.39. The third kappa shape index (κ3) is 2.51. The van der Waals surface area contributed by atoms with Crippen LogP contribution in [0.25, 0.3) is 11.3 Å². The summed E-state index contributed by atoms with van der Waals surface area (Å²) in [5.74, 6) is -0.0564. The Hall–Kier alpha value is -2.30. The number of hydrogen-bond acceptors (Lipinski definition) is 4. The molecule has 94 valence electrons. The van der Waals surface area contributed by atoms with Gasteiger partial charge in [0, 0.05) is 5.56 Å². The molecule has 5 heteroatoms. The first-order valence-electron chi connectivity index (χ1n) is 5.63. The van der Waals surface area contributed by atoms with Gasteiger partial charge in [-0.25, -0.2) is 4.79 Å². The molecule has 1 aromatic carbocycles. The molecular weight excluding hydrogens is 234 g/mol. The maximum absolute atomic E-state index is 10.9. The summed E-state index contributed by atoms with van der Waals surface area (Å²) < 4.78 is 10.4. The van der Waals surface area contributed by atoms with Gasteiger partial charge in [-0.05, 0) is 30.7 Å². The Balaban J connectivity index is 2.23. The lowest BCUT2D eigenvalue weighted by Crippen LogP contribution is -1.96. The van der Waals surface area contributed by atoms with E-state index in [-0.39, 0.29) is 11.3 Å². The minimum atomic E-state index is -1.06. The second-order valence-electron chi connectivity index (χ2n) is 3.75. The number of aromatic nitrogens is 1. The zero-order chi connectivity index (χ0) is 13.0. The van der Waals surface area contributed by atoms with Crippen molar-refractivity contribution in [2.24, 2.45) is 0 Å². The molecule has 2 rings (SSSR count). The van der Waals surface area contributed by atoms with Gasteiger partial charge >= 0.3 is 5.97 Å². The van der Waals surface area contributed by atoms with Crippen molar-refractivity contribution in [1.29, 1.82) is 0 Å². The van der Waals surface area contributed by atoms with Crippen molar-refractivity contribution >= 4 is 5.97 Å². The van der Waals surface area contributed by atoms with Gasteiger partial charge in [0.2, 0.25) is 0 Å². The number of rotatable bonds is 5. The Bertz CT molecular complexity index is 530. The first-order chi connectivity index (χ1) is 8.72. The molecule has 0 aliphatic heterocycles. The maximum Gasteiger partial charge on any atom is 0.341 e. The zero-order valence-electron chi connectivity index (χ0n) is 9.92. The number of benzene rings is 1. The smallest absolute Gasteiger partial charge is 0.341 e. The predicted octanol–water partition coefficient (Wildman–Crippen LogP) is 2.83. The van der Waals surface area contributed by atoms with E-state index in [1.165, 1.54) is 6.20 Å². The normalized spacial score (nSPS) is 10.3. The number of nitrogens with zero attached hydrogens (tertiary/aromatic N) is 1. The number of carboxylic acid groups (broad SMARTS) is 1. The van der Waals surface area contributed by atoms with Crippen LogP contribution < -0.4 is 4.74 Å². The van der Waals surface area contributed by atoms with Crippen LogP contribution in [0.4, 0.5) is 0 Å². The Morgan fingerprint density at radius 2 is 2.11 bits per heavy atom. The first-order valence-corrected chi connectivity index (χ1v) is 5.63. The van der Waals surface area contributed by atoms with Crippen LogP contribution in [0.3, 0.4) is 0 Å². The second kappa shape index (κ2) is 5.35. The lowest BCUT2D eigenvalue weighted by atomic mass is 10.1. The Kier molecular flexibility index (Phi) is 3.62. The molecule has 0 spiro atoms. The number of hydrogen-bond donors (Lipinski definition) is 1. The van der Waals surface area contributed by atoms with Crippen LogP contribution in [0.15, 0.2) is 35.0 Å². The highest BCUT2D eigenvalue weighted by Gasteiger charge is 2.16. The molecule has 1 aromatic heterocycles. The summed E-state index contributed by atoms with van der Waals surface area (Å²) >= 11 is 0. The van der Waals surface area contributed by atoms with Crippen molar-refractivity contribution in [3.8, 4) is 17.1 Å². The van der Waals surface area contributed by atoms with Crippen LogP contribution in [0.1, 0.15) is 23.7 Å². The van der Waals surface area contributed by atoms with E-state index in [4.69, 9.17) is 14.4 Å². The van der Waals surface area contributed by atoms with Crippen LogP contribution in [0.5, 0.6) is 5.75 Å². The highest BCUT2D eigenvalue weighted by molar-refractivity contribution is 5.93. The molecule has 2 aromatic rings. The van der Waals surface area contributed by atoms with Gasteiger partial charge in [0.05, 0.1) is 12.8 Å². The number of carbonyl (C=O) groups is 1. The fourth-order valence-electron chi connectivity index (χ4n) is 1.52. The lowest BCUT2D eigenvalue weighted by Gasteiger charge is -2.04. The topological polar surface area (TPSA) is 72.6 Å². The molecule has 5 nitrogen and oxygen atoms in total. The van der Waals surface area contributed by atoms with Crippen molar-refractivity contribution in [1.82, 2.24) is 5.16 Å². The highest BCUT2D eigenvalue weighted by Crippen LogP contribution is 2.25. The van der Waals surface area contributed by atoms with E-state index in [2.05, 4.69) is 5.16 Å². The Morgan fingerprint density at radius 3 is 2.72 bits per heavy atom.